The molecule has 1 fully saturated rings. The zero-order valence-corrected chi connectivity index (χ0v) is 15.5. The van der Waals surface area contributed by atoms with Crippen molar-refractivity contribution in [1.82, 2.24) is 10.6 Å². The van der Waals surface area contributed by atoms with Crippen molar-refractivity contribution in [3.05, 3.63) is 30.3 Å². The predicted molar refractivity (Wildman–Crippen MR) is 101 cm³/mol. The van der Waals surface area contributed by atoms with Gasteiger partial charge in [-0.3, -0.25) is 4.99 Å². The van der Waals surface area contributed by atoms with Crippen molar-refractivity contribution < 1.29 is 5.11 Å². The van der Waals surface area contributed by atoms with E-state index in [1.165, 1.54) is 17.7 Å². The maximum absolute atomic E-state index is 8.87. The molecule has 0 radical (unpaired) electrons. The van der Waals surface area contributed by atoms with E-state index in [9.17, 15) is 0 Å². The van der Waals surface area contributed by atoms with Crippen molar-refractivity contribution in [1.29, 1.82) is 0 Å². The molecule has 1 saturated carbocycles. The van der Waals surface area contributed by atoms with Crippen LogP contribution >= 0.6 is 35.7 Å². The highest BCUT2D eigenvalue weighted by molar-refractivity contribution is 14.0. The molecule has 21 heavy (non-hydrogen) atoms. The third-order valence-corrected chi connectivity index (χ3v) is 4.64. The van der Waals surface area contributed by atoms with Gasteiger partial charge in [-0.2, -0.15) is 0 Å². The van der Waals surface area contributed by atoms with Gasteiger partial charge in [0.15, 0.2) is 5.96 Å². The fraction of sp³-hybridized carbons (Fsp3) is 0.533. The van der Waals surface area contributed by atoms with Gasteiger partial charge in [-0.15, -0.1) is 35.7 Å². The summed E-state index contributed by atoms with van der Waals surface area (Å²) in [7, 11) is 0. The summed E-state index contributed by atoms with van der Waals surface area (Å²) in [5.41, 5.74) is 0. The Labute approximate surface area is 148 Å². The Morgan fingerprint density at radius 1 is 1.29 bits per heavy atom. The minimum absolute atomic E-state index is 0. The Morgan fingerprint density at radius 2 is 2.00 bits per heavy atom. The second kappa shape index (κ2) is 9.53. The number of rotatable bonds is 7. The lowest BCUT2D eigenvalue weighted by molar-refractivity contribution is 0.300. The van der Waals surface area contributed by atoms with Crippen molar-refractivity contribution >= 4 is 41.7 Å². The second-order valence-corrected chi connectivity index (χ2v) is 6.49. The first-order valence-electron chi connectivity index (χ1n) is 7.15. The van der Waals surface area contributed by atoms with Crippen molar-refractivity contribution in [3.63, 3.8) is 0 Å². The Hall–Kier alpha value is -0.470. The molecule has 2 rings (SSSR count). The second-order valence-electron chi connectivity index (χ2n) is 4.94. The number of hydrogen-bond acceptors (Lipinski definition) is 3. The monoisotopic (exact) mass is 421 g/mol. The van der Waals surface area contributed by atoms with Crippen LogP contribution in [0.1, 0.15) is 19.8 Å². The quantitative estimate of drug-likeness (QED) is 0.360. The summed E-state index contributed by atoms with van der Waals surface area (Å²) in [5, 5.41) is 15.2. The molecular formula is C15H24IN3OS. The molecule has 0 aromatic heterocycles. The van der Waals surface area contributed by atoms with Gasteiger partial charge in [0, 0.05) is 22.7 Å². The summed E-state index contributed by atoms with van der Waals surface area (Å²) in [6.45, 7) is 4.34. The van der Waals surface area contributed by atoms with Crippen LogP contribution in [0.5, 0.6) is 0 Å². The highest BCUT2D eigenvalue weighted by Crippen LogP contribution is 2.51. The molecule has 0 aliphatic heterocycles. The van der Waals surface area contributed by atoms with E-state index in [1.807, 2.05) is 24.8 Å². The van der Waals surface area contributed by atoms with Gasteiger partial charge in [0.1, 0.15) is 0 Å². The zero-order valence-electron chi connectivity index (χ0n) is 12.3. The molecule has 1 aromatic rings. The molecule has 0 bridgehead atoms. The van der Waals surface area contributed by atoms with Gasteiger partial charge >= 0.3 is 0 Å². The first-order chi connectivity index (χ1) is 9.78. The zero-order chi connectivity index (χ0) is 14.3. The molecule has 0 saturated heterocycles. The standard InChI is InChI=1S/C15H23N3OS.HI/c1-2-16-14(17-10-11-19)18-12-15(8-9-15)20-13-6-4-3-5-7-13;/h3-7,19H,2,8-12H2,1H3,(H2,16,17,18);1H. The predicted octanol–water partition coefficient (Wildman–Crippen LogP) is 2.48. The molecule has 0 amide bonds. The summed E-state index contributed by atoms with van der Waals surface area (Å²) in [4.78, 5) is 5.96. The van der Waals surface area contributed by atoms with E-state index >= 15 is 0 Å². The van der Waals surface area contributed by atoms with E-state index < -0.39 is 0 Å². The molecule has 1 aliphatic rings. The molecule has 6 heteroatoms. The Balaban J connectivity index is 0.00000220. The van der Waals surface area contributed by atoms with Gasteiger partial charge in [-0.1, -0.05) is 18.2 Å². The fourth-order valence-corrected chi connectivity index (χ4v) is 3.14. The number of aliphatic imine (C=N–C) groups is 1. The van der Waals surface area contributed by atoms with Crippen molar-refractivity contribution in [3.8, 4) is 0 Å². The van der Waals surface area contributed by atoms with Gasteiger partial charge < -0.3 is 15.7 Å². The third-order valence-electron chi connectivity index (χ3n) is 3.16. The summed E-state index contributed by atoms with van der Waals surface area (Å²) >= 11 is 1.93. The van der Waals surface area contributed by atoms with Crippen LogP contribution in [0.3, 0.4) is 0 Å². The SMILES string of the molecule is CCNC(=NCC1(Sc2ccccc2)CC1)NCCO.I. The van der Waals surface area contributed by atoms with Crippen LogP contribution in [-0.2, 0) is 0 Å². The number of guanidine groups is 1. The van der Waals surface area contributed by atoms with Gasteiger partial charge in [0.05, 0.1) is 13.2 Å². The first-order valence-corrected chi connectivity index (χ1v) is 7.97. The molecule has 1 aliphatic carbocycles. The number of aliphatic hydroxyl groups is 1. The lowest BCUT2D eigenvalue weighted by atomic mass is 10.4. The van der Waals surface area contributed by atoms with E-state index in [-0.39, 0.29) is 35.3 Å². The number of benzene rings is 1. The Bertz CT molecular complexity index is 438. The molecular weight excluding hydrogens is 397 g/mol. The highest BCUT2D eigenvalue weighted by atomic mass is 127. The number of nitrogens with one attached hydrogen (secondary N) is 2. The number of halogens is 1. The van der Waals surface area contributed by atoms with Crippen LogP contribution in [0.2, 0.25) is 0 Å². The molecule has 0 spiro atoms. The molecule has 0 unspecified atom stereocenters. The maximum Gasteiger partial charge on any atom is 0.191 e. The van der Waals surface area contributed by atoms with E-state index in [0.29, 0.717) is 6.54 Å². The fourth-order valence-electron chi connectivity index (χ4n) is 1.91. The smallest absolute Gasteiger partial charge is 0.191 e. The van der Waals surface area contributed by atoms with Crippen LogP contribution in [0.15, 0.2) is 40.2 Å². The molecule has 3 N–H and O–H groups in total. The summed E-state index contributed by atoms with van der Waals surface area (Å²) in [6, 6.07) is 10.5. The van der Waals surface area contributed by atoms with Crippen molar-refractivity contribution in [2.45, 2.75) is 29.4 Å². The topological polar surface area (TPSA) is 56.7 Å². The summed E-state index contributed by atoms with van der Waals surface area (Å²) in [6.07, 6.45) is 2.44. The number of aliphatic hydroxyl groups excluding tert-OH is 1. The van der Waals surface area contributed by atoms with Gasteiger partial charge in [-0.25, -0.2) is 0 Å². The minimum atomic E-state index is 0. The van der Waals surface area contributed by atoms with Crippen molar-refractivity contribution in [2.24, 2.45) is 4.99 Å². The number of hydrogen-bond donors (Lipinski definition) is 3. The lowest BCUT2D eigenvalue weighted by Gasteiger charge is -2.15. The molecule has 118 valence electrons. The van der Waals surface area contributed by atoms with Crippen molar-refractivity contribution in [2.75, 3.05) is 26.2 Å². The van der Waals surface area contributed by atoms with Gasteiger partial charge in [0.2, 0.25) is 0 Å². The van der Waals surface area contributed by atoms with E-state index in [4.69, 9.17) is 5.11 Å². The number of nitrogens with zero attached hydrogens (tertiary/aromatic N) is 1. The Morgan fingerprint density at radius 3 is 2.57 bits per heavy atom. The third kappa shape index (κ3) is 6.44. The molecule has 1 aromatic carbocycles. The summed E-state index contributed by atoms with van der Waals surface area (Å²) in [5.74, 6) is 0.793. The molecule has 0 heterocycles. The summed E-state index contributed by atoms with van der Waals surface area (Å²) < 4.78 is 0.267. The van der Waals surface area contributed by atoms with E-state index in [0.717, 1.165) is 19.0 Å². The molecule has 4 nitrogen and oxygen atoms in total. The normalized spacial score (nSPS) is 16.0. The minimum Gasteiger partial charge on any atom is -0.395 e. The van der Waals surface area contributed by atoms with Crippen LogP contribution < -0.4 is 10.6 Å². The average Bonchev–Trinajstić information content (AvgIpc) is 3.23. The maximum atomic E-state index is 8.87. The van der Waals surface area contributed by atoms with E-state index in [2.05, 4.69) is 39.9 Å². The lowest BCUT2D eigenvalue weighted by Crippen LogP contribution is -2.39. The highest BCUT2D eigenvalue weighted by Gasteiger charge is 2.43. The Kier molecular flexibility index (Phi) is 8.43. The van der Waals surface area contributed by atoms with Crippen LogP contribution in [-0.4, -0.2) is 42.1 Å². The first kappa shape index (κ1) is 18.6. The van der Waals surface area contributed by atoms with Crippen LogP contribution in [0, 0.1) is 0 Å². The van der Waals surface area contributed by atoms with E-state index in [1.54, 1.807) is 0 Å². The van der Waals surface area contributed by atoms with Crippen LogP contribution in [0.25, 0.3) is 0 Å². The number of thioether (sulfide) groups is 1. The van der Waals surface area contributed by atoms with Crippen LogP contribution in [0.4, 0.5) is 0 Å². The molecule has 0 atom stereocenters. The van der Waals surface area contributed by atoms with Gasteiger partial charge in [0.25, 0.3) is 0 Å². The largest absolute Gasteiger partial charge is 0.395 e. The van der Waals surface area contributed by atoms with Gasteiger partial charge in [-0.05, 0) is 31.9 Å². The average molecular weight is 421 g/mol.